The summed E-state index contributed by atoms with van der Waals surface area (Å²) >= 11 is 0. The molecule has 0 radical (unpaired) electrons. The number of halogens is 2. The van der Waals surface area contributed by atoms with E-state index in [1.54, 1.807) is 35.4 Å². The van der Waals surface area contributed by atoms with Crippen LogP contribution in [0.1, 0.15) is 17.9 Å². The van der Waals surface area contributed by atoms with Gasteiger partial charge in [-0.25, -0.2) is 0 Å². The lowest BCUT2D eigenvalue weighted by Gasteiger charge is -2.17. The number of pyridine rings is 1. The molecular weight excluding hydrogens is 391 g/mol. The Morgan fingerprint density at radius 3 is 2.67 bits per heavy atom. The topological polar surface area (TPSA) is 101 Å². The van der Waals surface area contributed by atoms with Crippen LogP contribution in [-0.2, 0) is 16.6 Å². The molecule has 1 fully saturated rings. The Balaban J connectivity index is 0.00000182. The maximum absolute atomic E-state index is 12.5. The van der Waals surface area contributed by atoms with E-state index in [2.05, 4.69) is 26.0 Å². The molecule has 2 amide bonds. The minimum atomic E-state index is -0.146. The molecule has 3 heterocycles. The fraction of sp³-hybridized carbons (Fsp3) is 0.412. The van der Waals surface area contributed by atoms with Gasteiger partial charge in [-0.05, 0) is 17.7 Å². The van der Waals surface area contributed by atoms with Crippen molar-refractivity contribution in [2.24, 2.45) is 13.0 Å². The van der Waals surface area contributed by atoms with E-state index in [0.717, 1.165) is 12.1 Å². The smallest absolute Gasteiger partial charge is 0.226 e. The first-order valence-corrected chi connectivity index (χ1v) is 8.30. The van der Waals surface area contributed by atoms with Crippen LogP contribution in [0.25, 0.3) is 0 Å². The van der Waals surface area contributed by atoms with Crippen molar-refractivity contribution in [2.75, 3.05) is 25.0 Å². The van der Waals surface area contributed by atoms with Crippen molar-refractivity contribution >= 4 is 42.3 Å². The van der Waals surface area contributed by atoms with Crippen LogP contribution in [-0.4, -0.2) is 46.2 Å². The number of carbonyl (C=O) groups excluding carboxylic acids is 2. The minimum absolute atomic E-state index is 0. The first-order chi connectivity index (χ1) is 12.1. The van der Waals surface area contributed by atoms with Gasteiger partial charge in [-0.3, -0.25) is 19.3 Å². The van der Waals surface area contributed by atoms with Gasteiger partial charge in [-0.1, -0.05) is 0 Å². The molecule has 2 aromatic heterocycles. The highest BCUT2D eigenvalue weighted by Crippen LogP contribution is 2.27. The van der Waals surface area contributed by atoms with Gasteiger partial charge < -0.3 is 16.0 Å². The van der Waals surface area contributed by atoms with E-state index in [-0.39, 0.29) is 54.9 Å². The van der Waals surface area contributed by atoms with Crippen molar-refractivity contribution in [3.05, 3.63) is 42.5 Å². The van der Waals surface area contributed by atoms with E-state index >= 15 is 0 Å². The molecule has 1 saturated heterocycles. The average molecular weight is 415 g/mol. The molecule has 0 aromatic carbocycles. The normalized spacial score (nSPS) is 18.1. The monoisotopic (exact) mass is 414 g/mol. The number of amides is 2. The van der Waals surface area contributed by atoms with Gasteiger partial charge in [0, 0.05) is 63.3 Å². The lowest BCUT2D eigenvalue weighted by molar-refractivity contribution is -0.124. The van der Waals surface area contributed by atoms with Crippen LogP contribution in [0.2, 0.25) is 0 Å². The Morgan fingerprint density at radius 1 is 1.26 bits per heavy atom. The molecule has 2 aromatic rings. The summed E-state index contributed by atoms with van der Waals surface area (Å²) in [5.41, 5.74) is 1.76. The molecule has 0 spiro atoms. The fourth-order valence-electron chi connectivity index (χ4n) is 3.03. The van der Waals surface area contributed by atoms with E-state index in [1.807, 2.05) is 13.2 Å². The lowest BCUT2D eigenvalue weighted by atomic mass is 9.90. The Bertz CT molecular complexity index is 740. The number of anilines is 1. The van der Waals surface area contributed by atoms with Gasteiger partial charge in [0.15, 0.2) is 0 Å². The predicted octanol–water partition coefficient (Wildman–Crippen LogP) is 1.11. The summed E-state index contributed by atoms with van der Waals surface area (Å²) in [4.78, 5) is 28.3. The van der Waals surface area contributed by atoms with Gasteiger partial charge in [0.05, 0.1) is 12.1 Å². The molecule has 3 rings (SSSR count). The van der Waals surface area contributed by atoms with Crippen LogP contribution in [0.5, 0.6) is 0 Å². The quantitative estimate of drug-likeness (QED) is 0.656. The SMILES string of the molecule is Cl.Cl.Cn1cc([C@H]2CNC[C@@H]2C(=O)NCCC(=O)Nc2ccncc2)cn1. The molecule has 0 unspecified atom stereocenters. The molecule has 8 nitrogen and oxygen atoms in total. The van der Waals surface area contributed by atoms with Gasteiger partial charge in [0.2, 0.25) is 11.8 Å². The number of hydrogen-bond acceptors (Lipinski definition) is 5. The zero-order valence-corrected chi connectivity index (χ0v) is 16.6. The maximum atomic E-state index is 12.5. The largest absolute Gasteiger partial charge is 0.355 e. The highest BCUT2D eigenvalue weighted by atomic mass is 35.5. The Hall–Kier alpha value is -2.16. The Morgan fingerprint density at radius 2 is 2.00 bits per heavy atom. The van der Waals surface area contributed by atoms with Crippen molar-refractivity contribution in [3.63, 3.8) is 0 Å². The number of hydrogen-bond donors (Lipinski definition) is 3. The third-order valence-corrected chi connectivity index (χ3v) is 4.32. The summed E-state index contributed by atoms with van der Waals surface area (Å²) < 4.78 is 1.74. The highest BCUT2D eigenvalue weighted by Gasteiger charge is 2.34. The third kappa shape index (κ3) is 6.20. The van der Waals surface area contributed by atoms with Gasteiger partial charge in [-0.15, -0.1) is 24.8 Å². The second-order valence-corrected chi connectivity index (χ2v) is 6.14. The van der Waals surface area contributed by atoms with Gasteiger partial charge in [-0.2, -0.15) is 5.10 Å². The van der Waals surface area contributed by atoms with Gasteiger partial charge in [0.25, 0.3) is 0 Å². The summed E-state index contributed by atoms with van der Waals surface area (Å²) in [7, 11) is 1.86. The summed E-state index contributed by atoms with van der Waals surface area (Å²) in [6, 6.07) is 3.44. The third-order valence-electron chi connectivity index (χ3n) is 4.32. The summed E-state index contributed by atoms with van der Waals surface area (Å²) in [5.74, 6) is -0.206. The van der Waals surface area contributed by atoms with E-state index in [4.69, 9.17) is 0 Å². The number of rotatable bonds is 6. The number of aryl methyl sites for hydroxylation is 1. The lowest BCUT2D eigenvalue weighted by Crippen LogP contribution is -2.36. The zero-order chi connectivity index (χ0) is 17.6. The van der Waals surface area contributed by atoms with E-state index in [1.165, 1.54) is 0 Å². The Labute approximate surface area is 170 Å². The summed E-state index contributed by atoms with van der Waals surface area (Å²) in [6.07, 6.45) is 7.21. The first-order valence-electron chi connectivity index (χ1n) is 8.30. The molecule has 148 valence electrons. The van der Waals surface area contributed by atoms with E-state index in [0.29, 0.717) is 18.8 Å². The van der Waals surface area contributed by atoms with E-state index < -0.39 is 0 Å². The summed E-state index contributed by atoms with van der Waals surface area (Å²) in [5, 5.41) is 13.1. The van der Waals surface area contributed by atoms with Crippen molar-refractivity contribution < 1.29 is 9.59 Å². The molecule has 0 bridgehead atoms. The fourth-order valence-corrected chi connectivity index (χ4v) is 3.03. The molecule has 0 saturated carbocycles. The molecular formula is C17H24Cl2N6O2. The molecule has 2 atom stereocenters. The number of carbonyl (C=O) groups is 2. The number of nitrogens with one attached hydrogen (secondary N) is 3. The first kappa shape index (κ1) is 22.9. The highest BCUT2D eigenvalue weighted by molar-refractivity contribution is 5.91. The van der Waals surface area contributed by atoms with Gasteiger partial charge >= 0.3 is 0 Å². The van der Waals surface area contributed by atoms with Crippen molar-refractivity contribution in [1.82, 2.24) is 25.4 Å². The van der Waals surface area contributed by atoms with Crippen LogP contribution in [0.4, 0.5) is 5.69 Å². The molecule has 1 aliphatic rings. The minimum Gasteiger partial charge on any atom is -0.355 e. The van der Waals surface area contributed by atoms with Crippen LogP contribution in [0.3, 0.4) is 0 Å². The Kier molecular flexibility index (Phi) is 9.20. The zero-order valence-electron chi connectivity index (χ0n) is 14.9. The second kappa shape index (κ2) is 10.9. The average Bonchev–Trinajstić information content (AvgIpc) is 3.24. The molecule has 0 aliphatic carbocycles. The van der Waals surface area contributed by atoms with Crippen LogP contribution in [0.15, 0.2) is 36.9 Å². The molecule has 1 aliphatic heterocycles. The molecule has 10 heteroatoms. The second-order valence-electron chi connectivity index (χ2n) is 6.14. The maximum Gasteiger partial charge on any atom is 0.226 e. The number of aromatic nitrogens is 3. The van der Waals surface area contributed by atoms with Crippen LogP contribution in [0, 0.1) is 5.92 Å². The number of nitrogens with zero attached hydrogens (tertiary/aromatic N) is 3. The van der Waals surface area contributed by atoms with Crippen LogP contribution >= 0.6 is 24.8 Å². The molecule has 27 heavy (non-hydrogen) atoms. The molecule has 3 N–H and O–H groups in total. The predicted molar refractivity (Wildman–Crippen MR) is 107 cm³/mol. The van der Waals surface area contributed by atoms with Crippen molar-refractivity contribution in [3.8, 4) is 0 Å². The van der Waals surface area contributed by atoms with E-state index in [9.17, 15) is 9.59 Å². The van der Waals surface area contributed by atoms with Gasteiger partial charge in [0.1, 0.15) is 0 Å². The van der Waals surface area contributed by atoms with Crippen LogP contribution < -0.4 is 16.0 Å². The standard InChI is InChI=1S/C17H22N6O2.2ClH/c1-23-11-12(8-21-23)14-9-19-10-15(14)17(25)20-7-4-16(24)22-13-2-5-18-6-3-13;;/h2-3,5-6,8,11,14-15,19H,4,7,9-10H2,1H3,(H,20,25)(H,18,22,24);2*1H/t14-,15+;;/m1../s1. The van der Waals surface area contributed by atoms with Crippen molar-refractivity contribution in [1.29, 1.82) is 0 Å². The van der Waals surface area contributed by atoms with Crippen molar-refractivity contribution in [2.45, 2.75) is 12.3 Å². The summed E-state index contributed by atoms with van der Waals surface area (Å²) in [6.45, 7) is 1.70.